The fourth-order valence-corrected chi connectivity index (χ4v) is 3.00. The second-order valence-electron chi connectivity index (χ2n) is 6.36. The van der Waals surface area contributed by atoms with Crippen LogP contribution in [-0.2, 0) is 6.42 Å². The molecular formula is C17H28N2. The molecule has 0 saturated carbocycles. The summed E-state index contributed by atoms with van der Waals surface area (Å²) < 4.78 is 0. The summed E-state index contributed by atoms with van der Waals surface area (Å²) in [5.74, 6) is 0.882. The van der Waals surface area contributed by atoms with Crippen LogP contribution in [0.25, 0.3) is 0 Å². The van der Waals surface area contributed by atoms with E-state index in [4.69, 9.17) is 5.73 Å². The average molecular weight is 260 g/mol. The fourth-order valence-electron chi connectivity index (χ4n) is 3.00. The Morgan fingerprint density at radius 2 is 1.84 bits per heavy atom. The van der Waals surface area contributed by atoms with E-state index < -0.39 is 0 Å². The van der Waals surface area contributed by atoms with Gasteiger partial charge in [-0.2, -0.15) is 0 Å². The predicted octanol–water partition coefficient (Wildman–Crippen LogP) is 3.07. The molecule has 1 aliphatic rings. The van der Waals surface area contributed by atoms with E-state index in [0.717, 1.165) is 25.3 Å². The lowest BCUT2D eigenvalue weighted by Crippen LogP contribution is -2.54. The van der Waals surface area contributed by atoms with Gasteiger partial charge in [-0.25, -0.2) is 0 Å². The van der Waals surface area contributed by atoms with Gasteiger partial charge in [0.1, 0.15) is 0 Å². The Balaban J connectivity index is 1.94. The lowest BCUT2D eigenvalue weighted by atomic mass is 9.87. The molecule has 0 spiro atoms. The maximum Gasteiger partial charge on any atom is 0.0306 e. The number of hydrogen-bond acceptors (Lipinski definition) is 2. The molecule has 106 valence electrons. The van der Waals surface area contributed by atoms with E-state index in [-0.39, 0.29) is 5.54 Å². The highest BCUT2D eigenvalue weighted by Gasteiger charge is 2.32. The molecule has 0 aliphatic carbocycles. The van der Waals surface area contributed by atoms with E-state index in [1.807, 2.05) is 0 Å². The van der Waals surface area contributed by atoms with Crippen molar-refractivity contribution in [2.24, 2.45) is 11.7 Å². The van der Waals surface area contributed by atoms with Gasteiger partial charge in [-0.15, -0.1) is 0 Å². The second-order valence-corrected chi connectivity index (χ2v) is 6.36. The monoisotopic (exact) mass is 260 g/mol. The van der Waals surface area contributed by atoms with E-state index in [0.29, 0.717) is 0 Å². The van der Waals surface area contributed by atoms with Crippen LogP contribution in [0.5, 0.6) is 0 Å². The van der Waals surface area contributed by atoms with Crippen molar-refractivity contribution in [2.75, 3.05) is 19.6 Å². The number of aryl methyl sites for hydroxylation is 1. The fraction of sp³-hybridized carbons (Fsp3) is 0.647. The van der Waals surface area contributed by atoms with Gasteiger partial charge in [-0.05, 0) is 57.2 Å². The smallest absolute Gasteiger partial charge is 0.0306 e. The van der Waals surface area contributed by atoms with E-state index in [1.165, 1.54) is 31.5 Å². The van der Waals surface area contributed by atoms with Gasteiger partial charge in [0.05, 0.1) is 0 Å². The van der Waals surface area contributed by atoms with Crippen molar-refractivity contribution in [3.05, 3.63) is 35.9 Å². The number of piperidine rings is 1. The van der Waals surface area contributed by atoms with Gasteiger partial charge in [-0.1, -0.05) is 37.3 Å². The van der Waals surface area contributed by atoms with Gasteiger partial charge in [0.25, 0.3) is 0 Å². The van der Waals surface area contributed by atoms with Crippen molar-refractivity contribution in [3.63, 3.8) is 0 Å². The Morgan fingerprint density at radius 3 is 2.42 bits per heavy atom. The molecule has 2 rings (SSSR count). The van der Waals surface area contributed by atoms with Gasteiger partial charge < -0.3 is 5.73 Å². The Morgan fingerprint density at radius 1 is 1.21 bits per heavy atom. The third-order valence-electron chi connectivity index (χ3n) is 4.78. The topological polar surface area (TPSA) is 29.3 Å². The van der Waals surface area contributed by atoms with Crippen LogP contribution in [0.2, 0.25) is 0 Å². The van der Waals surface area contributed by atoms with Crippen molar-refractivity contribution in [1.82, 2.24) is 4.90 Å². The van der Waals surface area contributed by atoms with Crippen molar-refractivity contribution in [2.45, 2.75) is 45.1 Å². The lowest BCUT2D eigenvalue weighted by Gasteiger charge is -2.44. The number of nitrogens with two attached hydrogens (primary N) is 1. The molecule has 0 aromatic heterocycles. The maximum absolute atomic E-state index is 6.10. The van der Waals surface area contributed by atoms with Crippen LogP contribution in [0.3, 0.4) is 0 Å². The van der Waals surface area contributed by atoms with Crippen LogP contribution in [0.4, 0.5) is 0 Å². The number of likely N-dealkylation sites (tertiary alicyclic amines) is 1. The third kappa shape index (κ3) is 3.80. The zero-order chi connectivity index (χ0) is 13.7. The van der Waals surface area contributed by atoms with E-state index in [9.17, 15) is 0 Å². The molecule has 1 fully saturated rings. The quantitative estimate of drug-likeness (QED) is 0.881. The van der Waals surface area contributed by atoms with Gasteiger partial charge in [-0.3, -0.25) is 4.90 Å². The summed E-state index contributed by atoms with van der Waals surface area (Å²) >= 11 is 0. The molecule has 19 heavy (non-hydrogen) atoms. The Labute approximate surface area is 118 Å². The van der Waals surface area contributed by atoms with Crippen LogP contribution in [0.1, 0.15) is 38.7 Å². The van der Waals surface area contributed by atoms with Gasteiger partial charge in [0, 0.05) is 12.1 Å². The summed E-state index contributed by atoms with van der Waals surface area (Å²) in [7, 11) is 0. The molecule has 1 heterocycles. The SMILES string of the molecule is CC1CCN(C(C)(CN)CCc2ccccc2)CC1. The molecule has 0 amide bonds. The van der Waals surface area contributed by atoms with E-state index in [2.05, 4.69) is 49.1 Å². The summed E-state index contributed by atoms with van der Waals surface area (Å²) in [4.78, 5) is 2.62. The Hall–Kier alpha value is -0.860. The first kappa shape index (κ1) is 14.5. The summed E-state index contributed by atoms with van der Waals surface area (Å²) in [6.07, 6.45) is 4.92. The number of hydrogen-bond donors (Lipinski definition) is 1. The molecule has 0 bridgehead atoms. The molecule has 1 aromatic rings. The molecule has 0 radical (unpaired) electrons. The first-order chi connectivity index (χ1) is 9.14. The van der Waals surface area contributed by atoms with E-state index in [1.54, 1.807) is 0 Å². The molecule has 2 N–H and O–H groups in total. The lowest BCUT2D eigenvalue weighted by molar-refractivity contribution is 0.0645. The van der Waals surface area contributed by atoms with Crippen molar-refractivity contribution < 1.29 is 0 Å². The molecule has 1 saturated heterocycles. The minimum absolute atomic E-state index is 0.163. The van der Waals surface area contributed by atoms with Crippen LogP contribution in [-0.4, -0.2) is 30.1 Å². The number of rotatable bonds is 5. The zero-order valence-electron chi connectivity index (χ0n) is 12.4. The van der Waals surface area contributed by atoms with Crippen molar-refractivity contribution in [1.29, 1.82) is 0 Å². The Kier molecular flexibility index (Phi) is 5.00. The highest BCUT2D eigenvalue weighted by Crippen LogP contribution is 2.27. The van der Waals surface area contributed by atoms with Crippen LogP contribution in [0.15, 0.2) is 30.3 Å². The zero-order valence-corrected chi connectivity index (χ0v) is 12.4. The minimum Gasteiger partial charge on any atom is -0.329 e. The first-order valence-electron chi connectivity index (χ1n) is 7.63. The molecule has 1 aromatic carbocycles. The van der Waals surface area contributed by atoms with Crippen LogP contribution >= 0.6 is 0 Å². The maximum atomic E-state index is 6.10. The summed E-state index contributed by atoms with van der Waals surface area (Å²) in [6, 6.07) is 10.8. The second kappa shape index (κ2) is 6.53. The average Bonchev–Trinajstić information content (AvgIpc) is 2.46. The standard InChI is InChI=1S/C17H28N2/c1-15-9-12-19(13-10-15)17(2,14-18)11-8-16-6-4-3-5-7-16/h3-7,15H,8-14,18H2,1-2H3. The highest BCUT2D eigenvalue weighted by atomic mass is 15.2. The van der Waals surface area contributed by atoms with Gasteiger partial charge in [0.15, 0.2) is 0 Å². The molecule has 2 heteroatoms. The summed E-state index contributed by atoms with van der Waals surface area (Å²) in [6.45, 7) is 7.88. The molecule has 1 atom stereocenters. The highest BCUT2D eigenvalue weighted by molar-refractivity contribution is 5.15. The van der Waals surface area contributed by atoms with Crippen molar-refractivity contribution in [3.8, 4) is 0 Å². The van der Waals surface area contributed by atoms with Crippen LogP contribution < -0.4 is 5.73 Å². The van der Waals surface area contributed by atoms with Gasteiger partial charge in [0.2, 0.25) is 0 Å². The van der Waals surface area contributed by atoms with E-state index >= 15 is 0 Å². The van der Waals surface area contributed by atoms with Crippen molar-refractivity contribution >= 4 is 0 Å². The molecule has 1 aliphatic heterocycles. The summed E-state index contributed by atoms with van der Waals surface area (Å²) in [5.41, 5.74) is 7.68. The Bertz CT molecular complexity index is 368. The summed E-state index contributed by atoms with van der Waals surface area (Å²) in [5, 5.41) is 0. The first-order valence-corrected chi connectivity index (χ1v) is 7.63. The normalized spacial score (nSPS) is 21.2. The largest absolute Gasteiger partial charge is 0.329 e. The van der Waals surface area contributed by atoms with Gasteiger partial charge >= 0.3 is 0 Å². The molecule has 2 nitrogen and oxygen atoms in total. The van der Waals surface area contributed by atoms with Crippen LogP contribution in [0, 0.1) is 5.92 Å². The molecule has 1 unspecified atom stereocenters. The predicted molar refractivity (Wildman–Crippen MR) is 82.2 cm³/mol. The molecular weight excluding hydrogens is 232 g/mol. The minimum atomic E-state index is 0.163. The number of nitrogens with zero attached hydrogens (tertiary/aromatic N) is 1. The third-order valence-corrected chi connectivity index (χ3v) is 4.78. The number of benzene rings is 1.